The van der Waals surface area contributed by atoms with Crippen LogP contribution in [0.3, 0.4) is 0 Å². The molecule has 1 fully saturated rings. The van der Waals surface area contributed by atoms with Gasteiger partial charge in [0.15, 0.2) is 5.82 Å². The third kappa shape index (κ3) is 4.67. The number of carbonyl (C=O) groups excluding carboxylic acids is 1. The topological polar surface area (TPSA) is 103 Å². The number of amides is 1. The fourth-order valence-corrected chi connectivity index (χ4v) is 5.12. The third-order valence-electron chi connectivity index (χ3n) is 7.09. The number of hydrogen-bond acceptors (Lipinski definition) is 5. The van der Waals surface area contributed by atoms with Crippen LogP contribution in [0.4, 0.5) is 11.4 Å². The number of para-hydroxylation sites is 1. The molecule has 2 aromatic carbocycles. The summed E-state index contributed by atoms with van der Waals surface area (Å²) in [4.78, 5) is 27.5. The first-order valence-electron chi connectivity index (χ1n) is 13.2. The number of anilines is 2. The number of nitrogens with zero attached hydrogens (tertiary/aromatic N) is 4. The average Bonchev–Trinajstić information content (AvgIpc) is 3.56. The Labute approximate surface area is 215 Å². The molecule has 0 bridgehead atoms. The zero-order valence-electron chi connectivity index (χ0n) is 21.1. The predicted molar refractivity (Wildman–Crippen MR) is 149 cm³/mol. The van der Waals surface area contributed by atoms with Gasteiger partial charge in [0.1, 0.15) is 11.2 Å². The molecule has 8 heteroatoms. The number of rotatable bonds is 7. The summed E-state index contributed by atoms with van der Waals surface area (Å²) in [5.74, 6) is 0.764. The molecule has 3 aromatic heterocycles. The monoisotopic (exact) mass is 493 g/mol. The Morgan fingerprint density at radius 2 is 1.92 bits per heavy atom. The van der Waals surface area contributed by atoms with Crippen molar-refractivity contribution in [2.24, 2.45) is 0 Å². The highest BCUT2D eigenvalue weighted by Crippen LogP contribution is 2.33. The van der Waals surface area contributed by atoms with Crippen LogP contribution in [0.1, 0.15) is 45.4 Å². The number of hydrogen-bond donors (Lipinski definition) is 3. The molecule has 8 nitrogen and oxygen atoms in total. The summed E-state index contributed by atoms with van der Waals surface area (Å²) in [6.07, 6.45) is 9.62. The molecule has 0 radical (unpaired) electrons. The normalized spacial score (nSPS) is 13.9. The van der Waals surface area contributed by atoms with E-state index < -0.39 is 0 Å². The minimum atomic E-state index is 0.0159. The molecule has 0 spiro atoms. The Balaban J connectivity index is 1.34. The summed E-state index contributed by atoms with van der Waals surface area (Å²) in [6, 6.07) is 14.5. The lowest BCUT2D eigenvalue weighted by molar-refractivity contribution is -0.116. The summed E-state index contributed by atoms with van der Waals surface area (Å²) in [5.41, 5.74) is 7.54. The molecule has 1 aliphatic heterocycles. The second-order valence-electron chi connectivity index (χ2n) is 9.75. The maximum Gasteiger partial charge on any atom is 0.224 e. The van der Waals surface area contributed by atoms with Crippen LogP contribution in [0.25, 0.3) is 44.6 Å². The molecule has 188 valence electrons. The highest BCUT2D eigenvalue weighted by molar-refractivity contribution is 5.98. The van der Waals surface area contributed by atoms with Crippen molar-refractivity contribution in [1.29, 1.82) is 0 Å². The van der Waals surface area contributed by atoms with Crippen molar-refractivity contribution in [1.82, 2.24) is 25.1 Å². The van der Waals surface area contributed by atoms with Crippen LogP contribution in [-0.2, 0) is 4.79 Å². The summed E-state index contributed by atoms with van der Waals surface area (Å²) in [7, 11) is 0. The number of aromatic nitrogens is 5. The second-order valence-corrected chi connectivity index (χ2v) is 9.75. The van der Waals surface area contributed by atoms with Gasteiger partial charge in [0.25, 0.3) is 0 Å². The first-order valence-corrected chi connectivity index (χ1v) is 13.2. The van der Waals surface area contributed by atoms with Crippen LogP contribution < -0.4 is 10.2 Å². The van der Waals surface area contributed by atoms with Gasteiger partial charge in [-0.1, -0.05) is 25.5 Å². The molecule has 0 atom stereocenters. The number of imidazole rings is 1. The molecule has 6 rings (SSSR count). The minimum absolute atomic E-state index is 0.0159. The number of fused-ring (bicyclic) bond motifs is 2. The van der Waals surface area contributed by atoms with E-state index in [0.29, 0.717) is 12.1 Å². The minimum Gasteiger partial charge on any atom is -0.370 e. The molecule has 1 amide bonds. The van der Waals surface area contributed by atoms with Crippen molar-refractivity contribution < 1.29 is 4.79 Å². The SMILES string of the molecule is CCCCC(=O)Nc1cncc(-c2ccc3[nH]nc(-c4nc5c(N6CCCCC6)cccc5[nH]4)c3c2)c1. The first-order chi connectivity index (χ1) is 18.2. The van der Waals surface area contributed by atoms with Gasteiger partial charge in [0.05, 0.1) is 28.6 Å². The van der Waals surface area contributed by atoms with Crippen molar-refractivity contribution >= 4 is 39.2 Å². The number of aromatic amines is 2. The fourth-order valence-electron chi connectivity index (χ4n) is 5.12. The lowest BCUT2D eigenvalue weighted by Gasteiger charge is -2.28. The number of benzene rings is 2. The van der Waals surface area contributed by atoms with Gasteiger partial charge in [0.2, 0.25) is 5.91 Å². The lowest BCUT2D eigenvalue weighted by atomic mass is 10.0. The average molecular weight is 494 g/mol. The maximum atomic E-state index is 12.2. The zero-order chi connectivity index (χ0) is 25.2. The summed E-state index contributed by atoms with van der Waals surface area (Å²) in [5, 5.41) is 11.7. The van der Waals surface area contributed by atoms with Crippen LogP contribution in [0.5, 0.6) is 0 Å². The van der Waals surface area contributed by atoms with E-state index in [2.05, 4.69) is 61.6 Å². The standard InChI is InChI=1S/C29H31N7O/c1-2-3-10-26(37)31-21-15-20(17-30-18-21)19-11-12-23-22(16-19)27(35-34-23)29-32-24-8-7-9-25(28(24)33-29)36-13-5-4-6-14-36/h7-9,11-12,15-18H,2-6,10,13-14H2,1H3,(H,31,37)(H,32,33)(H,34,35). The third-order valence-corrected chi connectivity index (χ3v) is 7.09. The predicted octanol–water partition coefficient (Wildman–Crippen LogP) is 6.29. The molecule has 0 aliphatic carbocycles. The van der Waals surface area contributed by atoms with Crippen LogP contribution in [0.2, 0.25) is 0 Å². The van der Waals surface area contributed by atoms with Crippen LogP contribution >= 0.6 is 0 Å². The Kier molecular flexibility index (Phi) is 6.30. The van der Waals surface area contributed by atoms with Gasteiger partial charge >= 0.3 is 0 Å². The molecule has 1 aliphatic rings. The van der Waals surface area contributed by atoms with Gasteiger partial charge < -0.3 is 15.2 Å². The molecule has 0 saturated carbocycles. The Bertz CT molecular complexity index is 1560. The highest BCUT2D eigenvalue weighted by Gasteiger charge is 2.19. The quantitative estimate of drug-likeness (QED) is 0.247. The van der Waals surface area contributed by atoms with E-state index in [1.165, 1.54) is 24.9 Å². The van der Waals surface area contributed by atoms with Gasteiger partial charge in [-0.2, -0.15) is 5.10 Å². The Morgan fingerprint density at radius 3 is 2.78 bits per heavy atom. The van der Waals surface area contributed by atoms with Gasteiger partial charge in [-0.05, 0) is 61.6 Å². The van der Waals surface area contributed by atoms with E-state index in [1.807, 2.05) is 24.4 Å². The lowest BCUT2D eigenvalue weighted by Crippen LogP contribution is -2.29. The summed E-state index contributed by atoms with van der Waals surface area (Å²) < 4.78 is 0. The smallest absolute Gasteiger partial charge is 0.224 e. The number of unbranched alkanes of at least 4 members (excludes halogenated alkanes) is 1. The Hall–Kier alpha value is -4.20. The fraction of sp³-hybridized carbons (Fsp3) is 0.310. The van der Waals surface area contributed by atoms with Gasteiger partial charge in [-0.25, -0.2) is 4.98 Å². The van der Waals surface area contributed by atoms with Crippen molar-refractivity contribution in [3.63, 3.8) is 0 Å². The summed E-state index contributed by atoms with van der Waals surface area (Å²) in [6.45, 7) is 4.22. The summed E-state index contributed by atoms with van der Waals surface area (Å²) >= 11 is 0. The van der Waals surface area contributed by atoms with Crippen molar-refractivity contribution in [3.05, 3.63) is 54.9 Å². The molecule has 0 unspecified atom stereocenters. The van der Waals surface area contributed by atoms with Crippen LogP contribution in [-0.4, -0.2) is 44.1 Å². The molecule has 3 N–H and O–H groups in total. The van der Waals surface area contributed by atoms with Gasteiger partial charge in [-0.15, -0.1) is 0 Å². The van der Waals surface area contributed by atoms with Crippen molar-refractivity contribution in [2.75, 3.05) is 23.3 Å². The Morgan fingerprint density at radius 1 is 1.03 bits per heavy atom. The zero-order valence-corrected chi connectivity index (χ0v) is 21.1. The number of carbonyl (C=O) groups is 1. The van der Waals surface area contributed by atoms with E-state index in [4.69, 9.17) is 4.98 Å². The molecular formula is C29H31N7O. The largest absolute Gasteiger partial charge is 0.370 e. The van der Waals surface area contributed by atoms with Crippen LogP contribution in [0, 0.1) is 0 Å². The molecular weight excluding hydrogens is 462 g/mol. The molecule has 5 aromatic rings. The van der Waals surface area contributed by atoms with Gasteiger partial charge in [-0.3, -0.25) is 14.9 Å². The maximum absolute atomic E-state index is 12.2. The molecule has 37 heavy (non-hydrogen) atoms. The molecule has 4 heterocycles. The van der Waals surface area contributed by atoms with Crippen molar-refractivity contribution in [2.45, 2.75) is 45.4 Å². The molecule has 1 saturated heterocycles. The number of piperidine rings is 1. The van der Waals surface area contributed by atoms with E-state index in [0.717, 1.165) is 70.5 Å². The van der Waals surface area contributed by atoms with Crippen molar-refractivity contribution in [3.8, 4) is 22.6 Å². The van der Waals surface area contributed by atoms with E-state index in [1.54, 1.807) is 6.20 Å². The number of nitrogens with one attached hydrogen (secondary N) is 3. The number of pyridine rings is 1. The first kappa shape index (κ1) is 23.2. The second kappa shape index (κ2) is 10.0. The van der Waals surface area contributed by atoms with Crippen LogP contribution in [0.15, 0.2) is 54.9 Å². The highest BCUT2D eigenvalue weighted by atomic mass is 16.1. The van der Waals surface area contributed by atoms with E-state index in [-0.39, 0.29) is 5.91 Å². The van der Waals surface area contributed by atoms with E-state index in [9.17, 15) is 4.79 Å². The van der Waals surface area contributed by atoms with Gasteiger partial charge in [0, 0.05) is 36.7 Å². The number of H-pyrrole nitrogens is 2. The van der Waals surface area contributed by atoms with E-state index >= 15 is 0 Å².